The lowest BCUT2D eigenvalue weighted by Gasteiger charge is -2.20. The Kier molecular flexibility index (Phi) is 5.54. The molecular formula is C23H26N2O3. The molecule has 28 heavy (non-hydrogen) atoms. The summed E-state index contributed by atoms with van der Waals surface area (Å²) >= 11 is 0. The zero-order valence-electron chi connectivity index (χ0n) is 16.9. The van der Waals surface area contributed by atoms with Crippen LogP contribution in [0.4, 0.5) is 5.88 Å². The van der Waals surface area contributed by atoms with Gasteiger partial charge in [0, 0.05) is 11.6 Å². The van der Waals surface area contributed by atoms with Crippen molar-refractivity contribution >= 4 is 11.8 Å². The molecule has 2 aromatic carbocycles. The number of amides is 1. The quantitative estimate of drug-likeness (QED) is 0.650. The van der Waals surface area contributed by atoms with Gasteiger partial charge in [0.25, 0.3) is 5.91 Å². The summed E-state index contributed by atoms with van der Waals surface area (Å²) in [6.07, 6.45) is -0.673. The van der Waals surface area contributed by atoms with Crippen molar-refractivity contribution < 1.29 is 14.1 Å². The molecule has 3 aromatic rings. The van der Waals surface area contributed by atoms with E-state index in [-0.39, 0.29) is 11.3 Å². The number of aromatic nitrogens is 1. The smallest absolute Gasteiger partial charge is 0.267 e. The van der Waals surface area contributed by atoms with E-state index in [1.165, 1.54) is 11.1 Å². The molecule has 1 aromatic heterocycles. The number of aryl methyl sites for hydroxylation is 1. The Bertz CT molecular complexity index is 935. The number of rotatable bonds is 5. The molecular weight excluding hydrogens is 352 g/mol. The summed E-state index contributed by atoms with van der Waals surface area (Å²) in [5.74, 6) is 0.638. The lowest BCUT2D eigenvalue weighted by Crippen LogP contribution is -2.30. The van der Waals surface area contributed by atoms with Crippen LogP contribution in [0, 0.1) is 6.92 Å². The number of ether oxygens (including phenoxy) is 1. The van der Waals surface area contributed by atoms with Crippen LogP contribution >= 0.6 is 0 Å². The van der Waals surface area contributed by atoms with Gasteiger partial charge in [-0.2, -0.15) is 0 Å². The van der Waals surface area contributed by atoms with Gasteiger partial charge in [0.05, 0.1) is 0 Å². The van der Waals surface area contributed by atoms with Crippen molar-refractivity contribution in [2.75, 3.05) is 5.32 Å². The Morgan fingerprint density at radius 3 is 2.32 bits per heavy atom. The van der Waals surface area contributed by atoms with Crippen LogP contribution in [0.1, 0.15) is 38.8 Å². The molecule has 1 amide bonds. The zero-order valence-corrected chi connectivity index (χ0v) is 16.9. The maximum atomic E-state index is 12.4. The number of hydrogen-bond acceptors (Lipinski definition) is 4. The minimum Gasteiger partial charge on any atom is -0.481 e. The number of carbonyl (C=O) groups is 1. The molecule has 0 bridgehead atoms. The van der Waals surface area contributed by atoms with E-state index < -0.39 is 6.10 Å². The highest BCUT2D eigenvalue weighted by Gasteiger charge is 2.18. The van der Waals surface area contributed by atoms with Crippen LogP contribution in [0.5, 0.6) is 5.75 Å². The fourth-order valence-electron chi connectivity index (χ4n) is 2.71. The number of anilines is 1. The Labute approximate surface area is 165 Å². The topological polar surface area (TPSA) is 64.4 Å². The first-order chi connectivity index (χ1) is 13.2. The summed E-state index contributed by atoms with van der Waals surface area (Å²) in [4.78, 5) is 12.4. The van der Waals surface area contributed by atoms with E-state index in [1.807, 2.05) is 55.5 Å². The lowest BCUT2D eigenvalue weighted by molar-refractivity contribution is -0.122. The van der Waals surface area contributed by atoms with Crippen molar-refractivity contribution in [2.45, 2.75) is 46.1 Å². The van der Waals surface area contributed by atoms with Crippen molar-refractivity contribution in [1.29, 1.82) is 0 Å². The second-order valence-corrected chi connectivity index (χ2v) is 7.97. The fourth-order valence-corrected chi connectivity index (χ4v) is 2.71. The van der Waals surface area contributed by atoms with Crippen LogP contribution in [0.3, 0.4) is 0 Å². The van der Waals surface area contributed by atoms with Gasteiger partial charge in [-0.05, 0) is 37.0 Å². The van der Waals surface area contributed by atoms with E-state index in [4.69, 9.17) is 9.26 Å². The number of benzene rings is 2. The third-order valence-electron chi connectivity index (χ3n) is 4.51. The van der Waals surface area contributed by atoms with Crippen molar-refractivity contribution in [3.63, 3.8) is 0 Å². The fraction of sp³-hybridized carbons (Fsp3) is 0.304. The van der Waals surface area contributed by atoms with Gasteiger partial charge < -0.3 is 9.26 Å². The normalized spacial score (nSPS) is 12.5. The predicted molar refractivity (Wildman–Crippen MR) is 111 cm³/mol. The number of hydrogen-bond donors (Lipinski definition) is 1. The van der Waals surface area contributed by atoms with Gasteiger partial charge in [-0.3, -0.25) is 10.1 Å². The number of nitrogens with zero attached hydrogens (tertiary/aromatic N) is 1. The third kappa shape index (κ3) is 4.80. The first kappa shape index (κ1) is 19.7. The second kappa shape index (κ2) is 7.89. The van der Waals surface area contributed by atoms with E-state index in [2.05, 4.69) is 31.2 Å². The summed E-state index contributed by atoms with van der Waals surface area (Å²) in [7, 11) is 0. The van der Waals surface area contributed by atoms with Crippen molar-refractivity contribution in [3.05, 3.63) is 65.7 Å². The Morgan fingerprint density at radius 2 is 1.71 bits per heavy atom. The average Bonchev–Trinajstić information content (AvgIpc) is 3.10. The first-order valence-electron chi connectivity index (χ1n) is 9.34. The van der Waals surface area contributed by atoms with Crippen molar-refractivity contribution in [2.24, 2.45) is 0 Å². The Morgan fingerprint density at radius 1 is 1.07 bits per heavy atom. The van der Waals surface area contributed by atoms with Gasteiger partial charge >= 0.3 is 0 Å². The third-order valence-corrected chi connectivity index (χ3v) is 4.51. The molecule has 5 nitrogen and oxygen atoms in total. The van der Waals surface area contributed by atoms with Crippen LogP contribution in [-0.2, 0) is 10.2 Å². The maximum absolute atomic E-state index is 12.4. The summed E-state index contributed by atoms with van der Waals surface area (Å²) in [5.41, 5.74) is 4.05. The molecule has 1 unspecified atom stereocenters. The molecule has 0 spiro atoms. The first-order valence-corrected chi connectivity index (χ1v) is 9.34. The van der Waals surface area contributed by atoms with Crippen LogP contribution in [0.15, 0.2) is 59.1 Å². The van der Waals surface area contributed by atoms with E-state index in [9.17, 15) is 4.79 Å². The monoisotopic (exact) mass is 378 g/mol. The summed E-state index contributed by atoms with van der Waals surface area (Å²) < 4.78 is 11.0. The minimum absolute atomic E-state index is 0.0724. The number of carbonyl (C=O) groups excluding carboxylic acids is 1. The van der Waals surface area contributed by atoms with Crippen LogP contribution < -0.4 is 10.1 Å². The van der Waals surface area contributed by atoms with Gasteiger partial charge in [0.1, 0.15) is 11.4 Å². The largest absolute Gasteiger partial charge is 0.481 e. The molecule has 0 aliphatic carbocycles. The standard InChI is InChI=1S/C23H26N2O3/c1-15-6-8-17(9-7-15)20-14-21(28-25-20)24-22(26)16(2)27-19-12-10-18(11-13-19)23(3,4)5/h6-14,16H,1-5H3,(H,24,26). The summed E-state index contributed by atoms with van der Waals surface area (Å²) in [5, 5.41) is 6.72. The molecule has 3 rings (SSSR count). The lowest BCUT2D eigenvalue weighted by atomic mass is 9.87. The SMILES string of the molecule is Cc1ccc(-c2cc(NC(=O)C(C)Oc3ccc(C(C)(C)C)cc3)on2)cc1. The van der Waals surface area contributed by atoms with Gasteiger partial charge in [0.15, 0.2) is 6.10 Å². The van der Waals surface area contributed by atoms with E-state index in [0.29, 0.717) is 17.3 Å². The van der Waals surface area contributed by atoms with E-state index in [0.717, 1.165) is 5.56 Å². The van der Waals surface area contributed by atoms with Crippen LogP contribution in [0.25, 0.3) is 11.3 Å². The average molecular weight is 378 g/mol. The summed E-state index contributed by atoms with van der Waals surface area (Å²) in [6, 6.07) is 17.4. The maximum Gasteiger partial charge on any atom is 0.267 e. The Balaban J connectivity index is 1.61. The molecule has 1 atom stereocenters. The molecule has 5 heteroatoms. The molecule has 1 heterocycles. The van der Waals surface area contributed by atoms with Crippen LogP contribution in [0.2, 0.25) is 0 Å². The zero-order chi connectivity index (χ0) is 20.3. The molecule has 0 aliphatic heterocycles. The molecule has 0 saturated heterocycles. The molecule has 0 saturated carbocycles. The number of nitrogens with one attached hydrogen (secondary N) is 1. The predicted octanol–water partition coefficient (Wildman–Crippen LogP) is 5.35. The van der Waals surface area contributed by atoms with E-state index in [1.54, 1.807) is 13.0 Å². The molecule has 146 valence electrons. The molecule has 0 radical (unpaired) electrons. The van der Waals surface area contributed by atoms with Gasteiger partial charge in [-0.15, -0.1) is 0 Å². The highest BCUT2D eigenvalue weighted by molar-refractivity contribution is 5.93. The van der Waals surface area contributed by atoms with E-state index >= 15 is 0 Å². The Hall–Kier alpha value is -3.08. The van der Waals surface area contributed by atoms with Gasteiger partial charge in [0.2, 0.25) is 5.88 Å². The van der Waals surface area contributed by atoms with Crippen LogP contribution in [-0.4, -0.2) is 17.2 Å². The summed E-state index contributed by atoms with van der Waals surface area (Å²) in [6.45, 7) is 10.2. The minimum atomic E-state index is -0.673. The second-order valence-electron chi connectivity index (χ2n) is 7.97. The highest BCUT2D eigenvalue weighted by atomic mass is 16.5. The molecule has 1 N–H and O–H groups in total. The molecule has 0 fully saturated rings. The van der Waals surface area contributed by atoms with Gasteiger partial charge in [-0.1, -0.05) is 67.9 Å². The highest BCUT2D eigenvalue weighted by Crippen LogP contribution is 2.25. The molecule has 0 aliphatic rings. The van der Waals surface area contributed by atoms with Crippen molar-refractivity contribution in [3.8, 4) is 17.0 Å². The van der Waals surface area contributed by atoms with Gasteiger partial charge in [-0.25, -0.2) is 0 Å². The van der Waals surface area contributed by atoms with Crippen molar-refractivity contribution in [1.82, 2.24) is 5.16 Å².